The van der Waals surface area contributed by atoms with Crippen LogP contribution < -0.4 is 5.32 Å². The first-order valence-corrected chi connectivity index (χ1v) is 5.73. The first-order valence-electron chi connectivity index (χ1n) is 4.61. The van der Waals surface area contributed by atoms with Crippen molar-refractivity contribution in [2.45, 2.75) is 12.5 Å². The number of nitrogens with one attached hydrogen (secondary N) is 1. The van der Waals surface area contributed by atoms with E-state index < -0.39 is 24.2 Å². The molecule has 1 N–H and O–H groups in total. The van der Waals surface area contributed by atoms with Gasteiger partial charge in [0, 0.05) is 18.8 Å². The van der Waals surface area contributed by atoms with Crippen molar-refractivity contribution in [2.24, 2.45) is 7.05 Å². The number of nitrogens with zero attached hydrogens (tertiary/aromatic N) is 2. The van der Waals surface area contributed by atoms with E-state index in [1.165, 1.54) is 17.1 Å². The molecule has 1 atom stereocenters. The van der Waals surface area contributed by atoms with Gasteiger partial charge in [-0.1, -0.05) is 15.9 Å². The second-order valence-corrected chi connectivity index (χ2v) is 3.85. The summed E-state index contributed by atoms with van der Waals surface area (Å²) in [5.41, 5.74) is 0.367. The fraction of sp³-hybridized carbons (Fsp3) is 0.444. The highest BCUT2D eigenvalue weighted by Crippen LogP contribution is 2.14. The molecule has 0 spiro atoms. The molecule has 1 unspecified atom stereocenters. The van der Waals surface area contributed by atoms with E-state index in [1.54, 1.807) is 7.05 Å². The zero-order chi connectivity index (χ0) is 13.0. The number of hydrogen-bond acceptors (Lipinski definition) is 3. The van der Waals surface area contributed by atoms with Gasteiger partial charge in [-0.3, -0.25) is 14.3 Å². The maximum Gasteiger partial charge on any atom is 0.315 e. The van der Waals surface area contributed by atoms with Gasteiger partial charge < -0.3 is 5.32 Å². The highest BCUT2D eigenvalue weighted by atomic mass is 79.9. The van der Waals surface area contributed by atoms with Gasteiger partial charge in [0.25, 0.3) is 5.91 Å². The number of carbonyl (C=O) groups is 2. The molecule has 0 aromatic carbocycles. The lowest BCUT2D eigenvalue weighted by Crippen LogP contribution is -2.37. The molecule has 17 heavy (non-hydrogen) atoms. The van der Waals surface area contributed by atoms with E-state index >= 15 is 0 Å². The van der Waals surface area contributed by atoms with Crippen LogP contribution in [-0.2, 0) is 16.6 Å². The van der Waals surface area contributed by atoms with Gasteiger partial charge in [0.05, 0.1) is 11.5 Å². The van der Waals surface area contributed by atoms with Gasteiger partial charge in [0.15, 0.2) is 5.78 Å². The summed E-state index contributed by atoms with van der Waals surface area (Å²) in [4.78, 5) is 22.4. The number of aromatic nitrogens is 2. The quantitative estimate of drug-likeness (QED) is 0.819. The molecule has 0 saturated carbocycles. The van der Waals surface area contributed by atoms with Crippen LogP contribution in [0.3, 0.4) is 0 Å². The Balaban J connectivity index is 2.89. The van der Waals surface area contributed by atoms with Crippen LogP contribution in [0.2, 0.25) is 0 Å². The molecule has 0 aliphatic carbocycles. The van der Waals surface area contributed by atoms with Crippen LogP contribution >= 0.6 is 15.9 Å². The molecule has 0 aliphatic rings. The van der Waals surface area contributed by atoms with E-state index in [4.69, 9.17) is 0 Å². The Labute approximate surface area is 104 Å². The average molecular weight is 310 g/mol. The number of ketones is 1. The molecule has 0 aliphatic heterocycles. The predicted octanol–water partition coefficient (Wildman–Crippen LogP) is 0.806. The van der Waals surface area contributed by atoms with Gasteiger partial charge in [-0.15, -0.1) is 0 Å². The van der Waals surface area contributed by atoms with Gasteiger partial charge >= 0.3 is 6.43 Å². The molecular weight excluding hydrogens is 300 g/mol. The first-order chi connectivity index (χ1) is 7.95. The Morgan fingerprint density at radius 2 is 2.24 bits per heavy atom. The number of halogens is 3. The van der Waals surface area contributed by atoms with Crippen molar-refractivity contribution in [3.05, 3.63) is 18.0 Å². The van der Waals surface area contributed by atoms with E-state index in [0.29, 0.717) is 5.56 Å². The molecule has 0 saturated heterocycles. The van der Waals surface area contributed by atoms with Gasteiger partial charge in [-0.2, -0.15) is 13.9 Å². The molecule has 0 bridgehead atoms. The zero-order valence-corrected chi connectivity index (χ0v) is 10.4. The minimum Gasteiger partial charge on any atom is -0.337 e. The first kappa shape index (κ1) is 13.8. The van der Waals surface area contributed by atoms with Gasteiger partial charge in [0.1, 0.15) is 6.04 Å². The van der Waals surface area contributed by atoms with Crippen LogP contribution in [0.4, 0.5) is 8.78 Å². The monoisotopic (exact) mass is 309 g/mol. The largest absolute Gasteiger partial charge is 0.337 e. The SMILES string of the molecule is Cn1cc(C(NC(=O)C(F)F)C(=O)CBr)cn1. The molecule has 1 amide bonds. The van der Waals surface area contributed by atoms with Crippen molar-refractivity contribution in [2.75, 3.05) is 5.33 Å². The number of rotatable bonds is 5. The fourth-order valence-electron chi connectivity index (χ4n) is 1.22. The van der Waals surface area contributed by atoms with Gasteiger partial charge in [-0.05, 0) is 0 Å². The number of carbonyl (C=O) groups excluding carboxylic acids is 2. The number of aryl methyl sites for hydroxylation is 1. The van der Waals surface area contributed by atoms with Crippen LogP contribution in [0.5, 0.6) is 0 Å². The lowest BCUT2D eigenvalue weighted by atomic mass is 10.1. The minimum atomic E-state index is -3.16. The molecule has 1 aromatic rings. The molecule has 0 fully saturated rings. The fourth-order valence-corrected chi connectivity index (χ4v) is 1.55. The molecule has 0 radical (unpaired) electrons. The third kappa shape index (κ3) is 3.58. The van der Waals surface area contributed by atoms with Crippen LogP contribution in [0.15, 0.2) is 12.4 Å². The maximum absolute atomic E-state index is 12.1. The topological polar surface area (TPSA) is 64.0 Å². The van der Waals surface area contributed by atoms with Crippen molar-refractivity contribution in [3.8, 4) is 0 Å². The van der Waals surface area contributed by atoms with Crippen molar-refractivity contribution in [3.63, 3.8) is 0 Å². The molecule has 1 rings (SSSR count). The van der Waals surface area contributed by atoms with Crippen LogP contribution in [0, 0.1) is 0 Å². The highest BCUT2D eigenvalue weighted by Gasteiger charge is 2.26. The standard InChI is InChI=1S/C9H10BrF2N3O2/c1-15-4-5(3-13-15)7(6(16)2-10)14-9(17)8(11)12/h3-4,7-8H,2H2,1H3,(H,14,17). The normalized spacial score (nSPS) is 12.5. The molecule has 1 aromatic heterocycles. The molecule has 8 heteroatoms. The van der Waals surface area contributed by atoms with Gasteiger partial charge in [0.2, 0.25) is 0 Å². The second-order valence-electron chi connectivity index (χ2n) is 3.29. The third-order valence-electron chi connectivity index (χ3n) is 2.00. The summed E-state index contributed by atoms with van der Waals surface area (Å²) in [6.07, 6.45) is -0.328. The lowest BCUT2D eigenvalue weighted by molar-refractivity contribution is -0.134. The summed E-state index contributed by atoms with van der Waals surface area (Å²) in [5, 5.41) is 5.75. The van der Waals surface area contributed by atoms with Crippen LogP contribution in [-0.4, -0.2) is 33.2 Å². The van der Waals surface area contributed by atoms with Crippen molar-refractivity contribution in [1.29, 1.82) is 0 Å². The summed E-state index contributed by atoms with van der Waals surface area (Å²) >= 11 is 2.93. The molecule has 1 heterocycles. The third-order valence-corrected chi connectivity index (χ3v) is 2.55. The van der Waals surface area contributed by atoms with E-state index in [2.05, 4.69) is 21.0 Å². The highest BCUT2D eigenvalue weighted by molar-refractivity contribution is 9.09. The number of hydrogen-bond donors (Lipinski definition) is 1. The van der Waals surface area contributed by atoms with E-state index in [0.717, 1.165) is 0 Å². The zero-order valence-electron chi connectivity index (χ0n) is 8.86. The Morgan fingerprint density at radius 3 is 2.65 bits per heavy atom. The smallest absolute Gasteiger partial charge is 0.315 e. The average Bonchev–Trinajstić information content (AvgIpc) is 2.70. The number of Topliss-reactive ketones (excluding diaryl/α,β-unsaturated/α-hetero) is 1. The Hall–Kier alpha value is -1.31. The van der Waals surface area contributed by atoms with E-state index in [9.17, 15) is 18.4 Å². The predicted molar refractivity (Wildman–Crippen MR) is 58.9 cm³/mol. The summed E-state index contributed by atoms with van der Waals surface area (Å²) in [5.74, 6) is -1.90. The minimum absolute atomic E-state index is 0.0456. The summed E-state index contributed by atoms with van der Waals surface area (Å²) in [6.45, 7) is 0. The summed E-state index contributed by atoms with van der Waals surface area (Å²) in [6, 6.07) is -1.11. The Bertz CT molecular complexity index is 422. The lowest BCUT2D eigenvalue weighted by Gasteiger charge is -2.14. The second kappa shape index (κ2) is 5.85. The van der Waals surface area contributed by atoms with E-state index in [-0.39, 0.29) is 5.33 Å². The Kier molecular flexibility index (Phi) is 4.73. The van der Waals surface area contributed by atoms with Crippen LogP contribution in [0.1, 0.15) is 11.6 Å². The van der Waals surface area contributed by atoms with Crippen molar-refractivity contribution < 1.29 is 18.4 Å². The summed E-state index contributed by atoms with van der Waals surface area (Å²) < 4.78 is 25.7. The van der Waals surface area contributed by atoms with Crippen LogP contribution in [0.25, 0.3) is 0 Å². The van der Waals surface area contributed by atoms with Crippen molar-refractivity contribution >= 4 is 27.6 Å². The number of amides is 1. The Morgan fingerprint density at radius 1 is 1.59 bits per heavy atom. The molecule has 94 valence electrons. The maximum atomic E-state index is 12.1. The molecular formula is C9H10BrF2N3O2. The molecule has 5 nitrogen and oxygen atoms in total. The van der Waals surface area contributed by atoms with Crippen molar-refractivity contribution in [1.82, 2.24) is 15.1 Å². The van der Waals surface area contributed by atoms with E-state index in [1.807, 2.05) is 5.32 Å². The number of alkyl halides is 3. The van der Waals surface area contributed by atoms with Gasteiger partial charge in [-0.25, -0.2) is 0 Å². The summed E-state index contributed by atoms with van der Waals surface area (Å²) in [7, 11) is 1.62.